The molecule has 1 unspecified atom stereocenters. The second kappa shape index (κ2) is 9.96. The van der Waals surface area contributed by atoms with Gasteiger partial charge in [0, 0.05) is 52.4 Å². The summed E-state index contributed by atoms with van der Waals surface area (Å²) in [5, 5.41) is 2.97. The summed E-state index contributed by atoms with van der Waals surface area (Å²) in [5.74, 6) is 0.265. The Morgan fingerprint density at radius 3 is 2.25 bits per heavy atom. The SMILES string of the molecule is CCN(CC)C(=O)CN1CCN(CC(=O)NCC2CCCO2)CC1. The first kappa shape index (κ1) is 19.1. The van der Waals surface area contributed by atoms with Gasteiger partial charge in [0.2, 0.25) is 11.8 Å². The fraction of sp³-hybridized carbons (Fsp3) is 0.882. The predicted molar refractivity (Wildman–Crippen MR) is 92.8 cm³/mol. The molecule has 2 rings (SSSR count). The quantitative estimate of drug-likeness (QED) is 0.661. The molecule has 138 valence electrons. The third kappa shape index (κ3) is 6.03. The monoisotopic (exact) mass is 340 g/mol. The molecule has 0 aromatic heterocycles. The molecule has 0 bridgehead atoms. The summed E-state index contributed by atoms with van der Waals surface area (Å²) in [7, 11) is 0. The maximum atomic E-state index is 12.1. The molecule has 2 saturated heterocycles. The van der Waals surface area contributed by atoms with Crippen LogP contribution in [0.25, 0.3) is 0 Å². The standard InChI is InChI=1S/C17H32N4O3/c1-3-21(4-2)17(23)14-20-9-7-19(8-10-20)13-16(22)18-12-15-6-5-11-24-15/h15H,3-14H2,1-2H3,(H,18,22). The zero-order valence-corrected chi connectivity index (χ0v) is 15.1. The van der Waals surface area contributed by atoms with Crippen molar-refractivity contribution in [2.45, 2.75) is 32.8 Å². The number of piperazine rings is 1. The van der Waals surface area contributed by atoms with Crippen LogP contribution < -0.4 is 5.32 Å². The topological polar surface area (TPSA) is 65.1 Å². The molecule has 1 atom stereocenters. The lowest BCUT2D eigenvalue weighted by molar-refractivity contribution is -0.133. The third-order valence-electron chi connectivity index (χ3n) is 4.86. The number of nitrogens with zero attached hydrogens (tertiary/aromatic N) is 3. The van der Waals surface area contributed by atoms with Crippen LogP contribution in [0.15, 0.2) is 0 Å². The zero-order chi connectivity index (χ0) is 17.4. The molecule has 2 heterocycles. The van der Waals surface area contributed by atoms with Gasteiger partial charge in [0.25, 0.3) is 0 Å². The highest BCUT2D eigenvalue weighted by Crippen LogP contribution is 2.10. The van der Waals surface area contributed by atoms with E-state index in [1.807, 2.05) is 18.7 Å². The van der Waals surface area contributed by atoms with Crippen molar-refractivity contribution >= 4 is 11.8 Å². The van der Waals surface area contributed by atoms with Crippen LogP contribution in [0, 0.1) is 0 Å². The second-order valence-electron chi connectivity index (χ2n) is 6.56. The Balaban J connectivity index is 1.61. The van der Waals surface area contributed by atoms with Gasteiger partial charge in [0.1, 0.15) is 0 Å². The van der Waals surface area contributed by atoms with Gasteiger partial charge < -0.3 is 15.0 Å². The average molecular weight is 340 g/mol. The van der Waals surface area contributed by atoms with Crippen molar-refractivity contribution in [1.29, 1.82) is 0 Å². The Morgan fingerprint density at radius 1 is 1.08 bits per heavy atom. The van der Waals surface area contributed by atoms with E-state index in [2.05, 4.69) is 15.1 Å². The number of ether oxygens (including phenoxy) is 1. The average Bonchev–Trinajstić information content (AvgIpc) is 3.09. The van der Waals surface area contributed by atoms with Gasteiger partial charge in [-0.15, -0.1) is 0 Å². The fourth-order valence-electron chi connectivity index (χ4n) is 3.27. The lowest BCUT2D eigenvalue weighted by Crippen LogP contribution is -2.52. The minimum absolute atomic E-state index is 0.0677. The molecule has 2 aliphatic heterocycles. The molecule has 24 heavy (non-hydrogen) atoms. The molecule has 0 aliphatic carbocycles. The molecule has 0 radical (unpaired) electrons. The number of carbonyl (C=O) groups is 2. The summed E-state index contributed by atoms with van der Waals surface area (Å²) in [6.07, 6.45) is 2.32. The van der Waals surface area contributed by atoms with Crippen molar-refractivity contribution in [3.8, 4) is 0 Å². The van der Waals surface area contributed by atoms with Gasteiger partial charge in [0.05, 0.1) is 19.2 Å². The van der Waals surface area contributed by atoms with Crippen LogP contribution in [0.1, 0.15) is 26.7 Å². The first-order valence-corrected chi connectivity index (χ1v) is 9.23. The predicted octanol–water partition coefficient (Wildman–Crippen LogP) is -0.232. The Kier molecular flexibility index (Phi) is 7.94. The zero-order valence-electron chi connectivity index (χ0n) is 15.1. The van der Waals surface area contributed by atoms with Crippen molar-refractivity contribution in [2.75, 3.05) is 65.5 Å². The van der Waals surface area contributed by atoms with E-state index in [4.69, 9.17) is 4.74 Å². The highest BCUT2D eigenvalue weighted by molar-refractivity contribution is 5.78. The van der Waals surface area contributed by atoms with Crippen LogP contribution in [0.2, 0.25) is 0 Å². The second-order valence-corrected chi connectivity index (χ2v) is 6.56. The van der Waals surface area contributed by atoms with E-state index in [0.717, 1.165) is 58.7 Å². The van der Waals surface area contributed by atoms with Gasteiger partial charge in [-0.2, -0.15) is 0 Å². The molecule has 2 amide bonds. The Morgan fingerprint density at radius 2 is 1.71 bits per heavy atom. The molecular formula is C17H32N4O3. The first-order chi connectivity index (χ1) is 11.6. The Labute approximate surface area is 145 Å². The van der Waals surface area contributed by atoms with Crippen LogP contribution >= 0.6 is 0 Å². The van der Waals surface area contributed by atoms with Gasteiger partial charge in [-0.3, -0.25) is 19.4 Å². The summed E-state index contributed by atoms with van der Waals surface area (Å²) in [6, 6.07) is 0. The fourth-order valence-corrected chi connectivity index (χ4v) is 3.27. The summed E-state index contributed by atoms with van der Waals surface area (Å²) < 4.78 is 5.51. The van der Waals surface area contributed by atoms with Crippen molar-refractivity contribution in [3.63, 3.8) is 0 Å². The summed E-state index contributed by atoms with van der Waals surface area (Å²) in [4.78, 5) is 30.4. The molecule has 7 heteroatoms. The summed E-state index contributed by atoms with van der Waals surface area (Å²) in [5.41, 5.74) is 0. The maximum absolute atomic E-state index is 12.1. The molecule has 0 saturated carbocycles. The summed E-state index contributed by atoms with van der Waals surface area (Å²) >= 11 is 0. The third-order valence-corrected chi connectivity index (χ3v) is 4.86. The van der Waals surface area contributed by atoms with E-state index in [1.54, 1.807) is 0 Å². The number of carbonyl (C=O) groups excluding carboxylic acids is 2. The van der Waals surface area contributed by atoms with Gasteiger partial charge >= 0.3 is 0 Å². The molecular weight excluding hydrogens is 308 g/mol. The van der Waals surface area contributed by atoms with Crippen LogP contribution in [0.4, 0.5) is 0 Å². The normalized spacial score (nSPS) is 22.5. The minimum atomic E-state index is 0.0677. The van der Waals surface area contributed by atoms with E-state index in [0.29, 0.717) is 19.6 Å². The molecule has 1 N–H and O–H groups in total. The number of likely N-dealkylation sites (N-methyl/N-ethyl adjacent to an activating group) is 1. The number of hydrogen-bond acceptors (Lipinski definition) is 5. The number of hydrogen-bond donors (Lipinski definition) is 1. The highest BCUT2D eigenvalue weighted by Gasteiger charge is 2.22. The Hall–Kier alpha value is -1.18. The van der Waals surface area contributed by atoms with Crippen molar-refractivity contribution in [1.82, 2.24) is 20.0 Å². The van der Waals surface area contributed by atoms with E-state index >= 15 is 0 Å². The van der Waals surface area contributed by atoms with Crippen molar-refractivity contribution in [2.24, 2.45) is 0 Å². The summed E-state index contributed by atoms with van der Waals surface area (Å²) in [6.45, 7) is 11.2. The number of rotatable bonds is 8. The Bertz CT molecular complexity index is 401. The largest absolute Gasteiger partial charge is 0.376 e. The molecule has 0 aromatic carbocycles. The van der Waals surface area contributed by atoms with Crippen LogP contribution in [0.5, 0.6) is 0 Å². The van der Waals surface area contributed by atoms with Crippen molar-refractivity contribution < 1.29 is 14.3 Å². The van der Waals surface area contributed by atoms with Gasteiger partial charge in [0.15, 0.2) is 0 Å². The van der Waals surface area contributed by atoms with Crippen LogP contribution in [-0.4, -0.2) is 98.1 Å². The molecule has 0 spiro atoms. The van der Waals surface area contributed by atoms with Gasteiger partial charge in [-0.05, 0) is 26.7 Å². The molecule has 2 aliphatic rings. The van der Waals surface area contributed by atoms with Crippen LogP contribution in [-0.2, 0) is 14.3 Å². The lowest BCUT2D eigenvalue weighted by Gasteiger charge is -2.34. The molecule has 0 aromatic rings. The lowest BCUT2D eigenvalue weighted by atomic mass is 10.2. The van der Waals surface area contributed by atoms with E-state index in [9.17, 15) is 9.59 Å². The molecule has 7 nitrogen and oxygen atoms in total. The number of nitrogens with one attached hydrogen (secondary N) is 1. The van der Waals surface area contributed by atoms with E-state index in [-0.39, 0.29) is 17.9 Å². The van der Waals surface area contributed by atoms with Crippen LogP contribution in [0.3, 0.4) is 0 Å². The number of amides is 2. The first-order valence-electron chi connectivity index (χ1n) is 9.23. The smallest absolute Gasteiger partial charge is 0.236 e. The van der Waals surface area contributed by atoms with Gasteiger partial charge in [-0.1, -0.05) is 0 Å². The maximum Gasteiger partial charge on any atom is 0.236 e. The minimum Gasteiger partial charge on any atom is -0.376 e. The highest BCUT2D eigenvalue weighted by atomic mass is 16.5. The van der Waals surface area contributed by atoms with Gasteiger partial charge in [-0.25, -0.2) is 0 Å². The van der Waals surface area contributed by atoms with E-state index < -0.39 is 0 Å². The van der Waals surface area contributed by atoms with E-state index in [1.165, 1.54) is 0 Å². The molecule has 2 fully saturated rings. The van der Waals surface area contributed by atoms with Crippen molar-refractivity contribution in [3.05, 3.63) is 0 Å².